The number of carbonyl (C=O) groups is 1. The minimum Gasteiger partial charge on any atom is -0.466 e. The lowest BCUT2D eigenvalue weighted by Gasteiger charge is -1.99. The van der Waals surface area contributed by atoms with Gasteiger partial charge in [0.05, 0.1) is 13.0 Å². The van der Waals surface area contributed by atoms with E-state index in [2.05, 4.69) is 15.2 Å². The fourth-order valence-electron chi connectivity index (χ4n) is 1.33. The van der Waals surface area contributed by atoms with Crippen LogP contribution >= 0.6 is 11.8 Å². The van der Waals surface area contributed by atoms with Crippen molar-refractivity contribution in [3.63, 3.8) is 0 Å². The molecule has 0 aromatic carbocycles. The molecule has 6 nitrogen and oxygen atoms in total. The van der Waals surface area contributed by atoms with Gasteiger partial charge in [-0.1, -0.05) is 11.8 Å². The molecule has 0 N–H and O–H groups in total. The first-order valence-electron chi connectivity index (χ1n) is 5.82. The van der Waals surface area contributed by atoms with E-state index in [-0.39, 0.29) is 5.97 Å². The molecule has 0 fully saturated rings. The number of ether oxygens (including phenoxy) is 1. The number of nitrogens with zero attached hydrogens (tertiary/aromatic N) is 3. The Kier molecular flexibility index (Phi) is 4.91. The molecule has 0 atom stereocenters. The van der Waals surface area contributed by atoms with Crippen LogP contribution in [0.25, 0.3) is 11.5 Å². The molecule has 7 heteroatoms. The van der Waals surface area contributed by atoms with Crippen LogP contribution in [0.5, 0.6) is 0 Å². The Balaban J connectivity index is 1.86. The van der Waals surface area contributed by atoms with Crippen LogP contribution in [-0.4, -0.2) is 33.5 Å². The molecule has 0 unspecified atom stereocenters. The average Bonchev–Trinajstić information content (AvgIpc) is 2.89. The molecule has 2 aromatic heterocycles. The third kappa shape index (κ3) is 4.06. The number of aromatic nitrogens is 3. The van der Waals surface area contributed by atoms with Gasteiger partial charge >= 0.3 is 5.97 Å². The highest BCUT2D eigenvalue weighted by molar-refractivity contribution is 7.99. The summed E-state index contributed by atoms with van der Waals surface area (Å²) in [5.74, 6) is 0.779. The Morgan fingerprint density at radius 2 is 2.16 bits per heavy atom. The highest BCUT2D eigenvalue weighted by Gasteiger charge is 2.09. The van der Waals surface area contributed by atoms with Gasteiger partial charge in [-0.3, -0.25) is 9.78 Å². The molecule has 2 rings (SSSR count). The maximum absolute atomic E-state index is 11.2. The summed E-state index contributed by atoms with van der Waals surface area (Å²) in [5, 5.41) is 8.29. The van der Waals surface area contributed by atoms with E-state index in [1.807, 2.05) is 0 Å². The van der Waals surface area contributed by atoms with Gasteiger partial charge in [-0.2, -0.15) is 0 Å². The van der Waals surface area contributed by atoms with Crippen LogP contribution in [0.2, 0.25) is 0 Å². The highest BCUT2D eigenvalue weighted by Crippen LogP contribution is 2.22. The van der Waals surface area contributed by atoms with E-state index in [1.54, 1.807) is 31.5 Å². The molecule has 0 aliphatic heterocycles. The molecular weight excluding hydrogens is 266 g/mol. The van der Waals surface area contributed by atoms with E-state index in [4.69, 9.17) is 9.15 Å². The van der Waals surface area contributed by atoms with Crippen molar-refractivity contribution in [2.24, 2.45) is 0 Å². The summed E-state index contributed by atoms with van der Waals surface area (Å²) in [6.45, 7) is 2.18. The Hall–Kier alpha value is -1.89. The van der Waals surface area contributed by atoms with Crippen molar-refractivity contribution < 1.29 is 13.9 Å². The second kappa shape index (κ2) is 6.89. The van der Waals surface area contributed by atoms with Gasteiger partial charge in [-0.15, -0.1) is 10.2 Å². The topological polar surface area (TPSA) is 78.1 Å². The van der Waals surface area contributed by atoms with Gasteiger partial charge in [0.15, 0.2) is 0 Å². The fourth-order valence-corrected chi connectivity index (χ4v) is 2.01. The van der Waals surface area contributed by atoms with Crippen LogP contribution in [0.3, 0.4) is 0 Å². The number of thioether (sulfide) groups is 1. The van der Waals surface area contributed by atoms with Crippen LogP contribution in [0, 0.1) is 0 Å². The van der Waals surface area contributed by atoms with E-state index in [0.29, 0.717) is 29.9 Å². The van der Waals surface area contributed by atoms with E-state index in [1.165, 1.54) is 11.8 Å². The second-order valence-electron chi connectivity index (χ2n) is 3.51. The molecule has 0 bridgehead atoms. The monoisotopic (exact) mass is 279 g/mol. The Bertz CT molecular complexity index is 530. The van der Waals surface area contributed by atoms with Crippen molar-refractivity contribution >= 4 is 17.7 Å². The smallest absolute Gasteiger partial charge is 0.306 e. The van der Waals surface area contributed by atoms with Crippen molar-refractivity contribution in [3.05, 3.63) is 24.5 Å². The zero-order valence-electron chi connectivity index (χ0n) is 10.4. The van der Waals surface area contributed by atoms with Crippen molar-refractivity contribution in [2.45, 2.75) is 18.6 Å². The first-order chi connectivity index (χ1) is 9.29. The summed E-state index contributed by atoms with van der Waals surface area (Å²) in [7, 11) is 0. The van der Waals surface area contributed by atoms with E-state index < -0.39 is 0 Å². The van der Waals surface area contributed by atoms with Crippen LogP contribution in [0.15, 0.2) is 34.2 Å². The van der Waals surface area contributed by atoms with Crippen molar-refractivity contribution in [1.29, 1.82) is 0 Å². The van der Waals surface area contributed by atoms with E-state index >= 15 is 0 Å². The Morgan fingerprint density at radius 3 is 2.89 bits per heavy atom. The maximum atomic E-state index is 11.2. The quantitative estimate of drug-likeness (QED) is 0.592. The van der Waals surface area contributed by atoms with Crippen LogP contribution in [-0.2, 0) is 9.53 Å². The third-order valence-electron chi connectivity index (χ3n) is 2.17. The summed E-state index contributed by atoms with van der Waals surface area (Å²) in [6.07, 6.45) is 3.64. The Morgan fingerprint density at radius 1 is 1.37 bits per heavy atom. The largest absolute Gasteiger partial charge is 0.466 e. The molecule has 0 saturated carbocycles. The lowest BCUT2D eigenvalue weighted by molar-refractivity contribution is -0.142. The predicted molar refractivity (Wildman–Crippen MR) is 69.5 cm³/mol. The molecule has 0 saturated heterocycles. The molecule has 0 aliphatic rings. The summed E-state index contributed by atoms with van der Waals surface area (Å²) >= 11 is 1.33. The minimum absolute atomic E-state index is 0.219. The summed E-state index contributed by atoms with van der Waals surface area (Å²) in [4.78, 5) is 15.1. The maximum Gasteiger partial charge on any atom is 0.306 e. The van der Waals surface area contributed by atoms with Crippen LogP contribution in [0.4, 0.5) is 0 Å². The molecule has 0 amide bonds. The van der Waals surface area contributed by atoms with Gasteiger partial charge in [-0.25, -0.2) is 0 Å². The standard InChI is InChI=1S/C12H13N3O3S/c1-2-17-10(16)5-8-19-12-15-14-11(18-12)9-3-6-13-7-4-9/h3-4,6-7H,2,5,8H2,1H3. The molecule has 2 heterocycles. The lowest BCUT2D eigenvalue weighted by atomic mass is 10.3. The molecule has 2 aromatic rings. The zero-order chi connectivity index (χ0) is 13.5. The van der Waals surface area contributed by atoms with Gasteiger partial charge in [0.2, 0.25) is 5.89 Å². The first-order valence-corrected chi connectivity index (χ1v) is 6.80. The van der Waals surface area contributed by atoms with Gasteiger partial charge < -0.3 is 9.15 Å². The predicted octanol–water partition coefficient (Wildman–Crippen LogP) is 2.18. The van der Waals surface area contributed by atoms with E-state index in [0.717, 1.165) is 5.56 Å². The summed E-state index contributed by atoms with van der Waals surface area (Å²) in [5.41, 5.74) is 0.819. The summed E-state index contributed by atoms with van der Waals surface area (Å²) < 4.78 is 10.3. The molecule has 100 valence electrons. The van der Waals surface area contributed by atoms with Gasteiger partial charge in [0, 0.05) is 23.7 Å². The average molecular weight is 279 g/mol. The van der Waals surface area contributed by atoms with Crippen LogP contribution in [0.1, 0.15) is 13.3 Å². The molecule has 0 aliphatic carbocycles. The number of esters is 1. The van der Waals surface area contributed by atoms with E-state index in [9.17, 15) is 4.79 Å². The zero-order valence-corrected chi connectivity index (χ0v) is 11.2. The minimum atomic E-state index is -0.219. The Labute approximate surface area is 114 Å². The van der Waals surface area contributed by atoms with Crippen molar-refractivity contribution in [3.8, 4) is 11.5 Å². The molecule has 0 radical (unpaired) electrons. The van der Waals surface area contributed by atoms with Gasteiger partial charge in [-0.05, 0) is 19.1 Å². The number of hydrogen-bond acceptors (Lipinski definition) is 7. The first kappa shape index (κ1) is 13.5. The van der Waals surface area contributed by atoms with Gasteiger partial charge in [0.25, 0.3) is 5.22 Å². The fraction of sp³-hybridized carbons (Fsp3) is 0.333. The van der Waals surface area contributed by atoms with Crippen molar-refractivity contribution in [1.82, 2.24) is 15.2 Å². The lowest BCUT2D eigenvalue weighted by Crippen LogP contribution is -2.04. The van der Waals surface area contributed by atoms with Gasteiger partial charge in [0.1, 0.15) is 0 Å². The normalized spacial score (nSPS) is 10.4. The number of pyridine rings is 1. The molecular formula is C12H13N3O3S. The number of carbonyl (C=O) groups excluding carboxylic acids is 1. The second-order valence-corrected chi connectivity index (χ2v) is 4.56. The number of hydrogen-bond donors (Lipinski definition) is 0. The third-order valence-corrected chi connectivity index (χ3v) is 2.99. The highest BCUT2D eigenvalue weighted by atomic mass is 32.2. The summed E-state index contributed by atoms with van der Waals surface area (Å²) in [6, 6.07) is 3.58. The molecule has 19 heavy (non-hydrogen) atoms. The van der Waals surface area contributed by atoms with Crippen molar-refractivity contribution in [2.75, 3.05) is 12.4 Å². The number of rotatable bonds is 6. The molecule has 0 spiro atoms. The SMILES string of the molecule is CCOC(=O)CCSc1nnc(-c2ccncc2)o1. The van der Waals surface area contributed by atoms with Crippen LogP contribution < -0.4 is 0 Å².